The number of likely N-dealkylation sites (N-methyl/N-ethyl adjacent to an activating group) is 1. The molecule has 0 saturated heterocycles. The second kappa shape index (κ2) is 6.45. The molecular formula is C13H18ClNO2S. The summed E-state index contributed by atoms with van der Waals surface area (Å²) >= 11 is 7.68. The molecule has 1 aromatic carbocycles. The Balaban J connectivity index is 2.70. The number of hydrogen-bond acceptors (Lipinski definition) is 3. The molecule has 0 radical (unpaired) electrons. The molecule has 18 heavy (non-hydrogen) atoms. The Morgan fingerprint density at radius 2 is 2.17 bits per heavy atom. The lowest BCUT2D eigenvalue weighted by Gasteiger charge is -2.27. The van der Waals surface area contributed by atoms with Crippen LogP contribution in [0.5, 0.6) is 0 Å². The summed E-state index contributed by atoms with van der Waals surface area (Å²) in [6.07, 6.45) is 0.523. The molecule has 1 rings (SSSR count). The van der Waals surface area contributed by atoms with Gasteiger partial charge in [0.15, 0.2) is 0 Å². The predicted octanol–water partition coefficient (Wildman–Crippen LogP) is 3.27. The standard InChI is InChI=1S/C13H18ClNO2S/c1-9(8-13(2,15-3)12(16)17)18-11-7-5-4-6-10(11)14/h4-7,9,15H,8H2,1-3H3,(H,16,17). The van der Waals surface area contributed by atoms with Crippen molar-refractivity contribution in [3.8, 4) is 0 Å². The van der Waals surface area contributed by atoms with Crippen LogP contribution in [0.4, 0.5) is 0 Å². The highest BCUT2D eigenvalue weighted by molar-refractivity contribution is 8.00. The van der Waals surface area contributed by atoms with Crippen molar-refractivity contribution in [1.29, 1.82) is 0 Å². The highest BCUT2D eigenvalue weighted by atomic mass is 35.5. The molecule has 0 aliphatic heterocycles. The molecule has 3 nitrogen and oxygen atoms in total. The van der Waals surface area contributed by atoms with Crippen LogP contribution in [0.3, 0.4) is 0 Å². The quantitative estimate of drug-likeness (QED) is 0.789. The number of nitrogens with one attached hydrogen (secondary N) is 1. The first-order valence-corrected chi connectivity index (χ1v) is 6.98. The van der Waals surface area contributed by atoms with Crippen molar-refractivity contribution in [3.05, 3.63) is 29.3 Å². The minimum absolute atomic E-state index is 0.151. The largest absolute Gasteiger partial charge is 0.480 e. The van der Waals surface area contributed by atoms with Gasteiger partial charge < -0.3 is 10.4 Å². The molecule has 0 aromatic heterocycles. The Morgan fingerprint density at radius 3 is 2.67 bits per heavy atom. The third-order valence-electron chi connectivity index (χ3n) is 2.88. The van der Waals surface area contributed by atoms with Crippen molar-refractivity contribution in [1.82, 2.24) is 5.32 Å². The van der Waals surface area contributed by atoms with Crippen LogP contribution in [0.2, 0.25) is 5.02 Å². The number of carbonyl (C=O) groups is 1. The van der Waals surface area contributed by atoms with Crippen LogP contribution in [0.1, 0.15) is 20.3 Å². The van der Waals surface area contributed by atoms with Crippen LogP contribution in [-0.2, 0) is 4.79 Å². The van der Waals surface area contributed by atoms with Gasteiger partial charge in [0.2, 0.25) is 0 Å². The fourth-order valence-corrected chi connectivity index (χ4v) is 3.13. The van der Waals surface area contributed by atoms with E-state index in [0.717, 1.165) is 4.90 Å². The first-order chi connectivity index (χ1) is 8.39. The molecule has 0 spiro atoms. The van der Waals surface area contributed by atoms with E-state index in [2.05, 4.69) is 5.32 Å². The molecule has 0 fully saturated rings. The van der Waals surface area contributed by atoms with E-state index in [1.165, 1.54) is 0 Å². The minimum Gasteiger partial charge on any atom is -0.480 e. The van der Waals surface area contributed by atoms with Gasteiger partial charge in [0.1, 0.15) is 5.54 Å². The van der Waals surface area contributed by atoms with Gasteiger partial charge in [-0.1, -0.05) is 30.7 Å². The number of thioether (sulfide) groups is 1. The first kappa shape index (κ1) is 15.3. The molecule has 2 N–H and O–H groups in total. The van der Waals surface area contributed by atoms with Crippen LogP contribution in [0, 0.1) is 0 Å². The third kappa shape index (κ3) is 3.90. The highest BCUT2D eigenvalue weighted by Crippen LogP contribution is 2.33. The lowest BCUT2D eigenvalue weighted by Crippen LogP contribution is -2.49. The zero-order chi connectivity index (χ0) is 13.8. The topological polar surface area (TPSA) is 49.3 Å². The van der Waals surface area contributed by atoms with E-state index >= 15 is 0 Å². The molecule has 0 aliphatic carbocycles. The van der Waals surface area contributed by atoms with Crippen LogP contribution in [-0.4, -0.2) is 28.9 Å². The number of halogens is 1. The molecule has 2 atom stereocenters. The molecule has 1 aromatic rings. The Kier molecular flexibility index (Phi) is 5.50. The molecule has 0 amide bonds. The molecule has 5 heteroatoms. The zero-order valence-corrected chi connectivity index (χ0v) is 12.3. The Hall–Kier alpha value is -0.710. The molecule has 0 aliphatic rings. The van der Waals surface area contributed by atoms with Gasteiger partial charge in [-0.25, -0.2) is 0 Å². The Bertz CT molecular complexity index is 427. The van der Waals surface area contributed by atoms with Crippen molar-refractivity contribution in [3.63, 3.8) is 0 Å². The average molecular weight is 288 g/mol. The zero-order valence-electron chi connectivity index (χ0n) is 10.7. The van der Waals surface area contributed by atoms with Gasteiger partial charge in [-0.05, 0) is 32.5 Å². The number of rotatable bonds is 6. The number of carboxylic acid groups (broad SMARTS) is 1. The summed E-state index contributed by atoms with van der Waals surface area (Å²) in [6, 6.07) is 7.59. The van der Waals surface area contributed by atoms with Crippen molar-refractivity contribution in [2.45, 2.75) is 36.0 Å². The van der Waals surface area contributed by atoms with Crippen LogP contribution >= 0.6 is 23.4 Å². The van der Waals surface area contributed by atoms with Gasteiger partial charge in [0.25, 0.3) is 0 Å². The van der Waals surface area contributed by atoms with Gasteiger partial charge in [-0.2, -0.15) is 0 Å². The van der Waals surface area contributed by atoms with Crippen molar-refractivity contribution in [2.24, 2.45) is 0 Å². The van der Waals surface area contributed by atoms with E-state index < -0.39 is 11.5 Å². The smallest absolute Gasteiger partial charge is 0.323 e. The maximum atomic E-state index is 11.2. The lowest BCUT2D eigenvalue weighted by molar-refractivity contribution is -0.144. The fourth-order valence-electron chi connectivity index (χ4n) is 1.67. The van der Waals surface area contributed by atoms with E-state index in [4.69, 9.17) is 11.6 Å². The van der Waals surface area contributed by atoms with Gasteiger partial charge in [0.05, 0.1) is 5.02 Å². The van der Waals surface area contributed by atoms with Crippen LogP contribution in [0.25, 0.3) is 0 Å². The Morgan fingerprint density at radius 1 is 1.56 bits per heavy atom. The summed E-state index contributed by atoms with van der Waals surface area (Å²) in [5.74, 6) is -0.836. The van der Waals surface area contributed by atoms with Crippen molar-refractivity contribution in [2.75, 3.05) is 7.05 Å². The molecule has 2 unspecified atom stereocenters. The van der Waals surface area contributed by atoms with Crippen LogP contribution in [0.15, 0.2) is 29.2 Å². The highest BCUT2D eigenvalue weighted by Gasteiger charge is 2.33. The van der Waals surface area contributed by atoms with E-state index in [1.807, 2.05) is 31.2 Å². The summed E-state index contributed by atoms with van der Waals surface area (Å²) in [5.41, 5.74) is -0.909. The van der Waals surface area contributed by atoms with Crippen molar-refractivity contribution >= 4 is 29.3 Å². The number of aliphatic carboxylic acids is 1. The van der Waals surface area contributed by atoms with Gasteiger partial charge >= 0.3 is 5.97 Å². The van der Waals surface area contributed by atoms with Gasteiger partial charge in [-0.3, -0.25) is 4.79 Å². The monoisotopic (exact) mass is 287 g/mol. The maximum absolute atomic E-state index is 11.2. The molecule has 0 heterocycles. The predicted molar refractivity (Wildman–Crippen MR) is 76.5 cm³/mol. The first-order valence-electron chi connectivity index (χ1n) is 5.72. The van der Waals surface area contributed by atoms with Gasteiger partial charge in [0, 0.05) is 10.1 Å². The minimum atomic E-state index is -0.909. The summed E-state index contributed by atoms with van der Waals surface area (Å²) in [7, 11) is 1.67. The van der Waals surface area contributed by atoms with Crippen molar-refractivity contribution < 1.29 is 9.90 Å². The molecule has 100 valence electrons. The van der Waals surface area contributed by atoms with E-state index in [1.54, 1.807) is 25.7 Å². The molecule has 0 bridgehead atoms. The number of carboxylic acids is 1. The molecule has 0 saturated carbocycles. The number of benzene rings is 1. The summed E-state index contributed by atoms with van der Waals surface area (Å²) < 4.78 is 0. The summed E-state index contributed by atoms with van der Waals surface area (Å²) in [5, 5.41) is 12.9. The third-order valence-corrected chi connectivity index (χ3v) is 4.50. The fraction of sp³-hybridized carbons (Fsp3) is 0.462. The van der Waals surface area contributed by atoms with E-state index in [9.17, 15) is 9.90 Å². The van der Waals surface area contributed by atoms with Gasteiger partial charge in [-0.15, -0.1) is 11.8 Å². The second-order valence-corrected chi connectivity index (χ2v) is 6.34. The van der Waals surface area contributed by atoms with E-state index in [0.29, 0.717) is 11.4 Å². The van der Waals surface area contributed by atoms with Crippen LogP contribution < -0.4 is 5.32 Å². The SMILES string of the molecule is CNC(C)(CC(C)Sc1ccccc1Cl)C(=O)O. The van der Waals surface area contributed by atoms with E-state index in [-0.39, 0.29) is 5.25 Å². The molecular weight excluding hydrogens is 270 g/mol. The number of hydrogen-bond donors (Lipinski definition) is 2. The summed E-state index contributed by atoms with van der Waals surface area (Å²) in [6.45, 7) is 3.70. The summed E-state index contributed by atoms with van der Waals surface area (Å²) in [4.78, 5) is 12.2. The normalized spacial score (nSPS) is 16.0. The average Bonchev–Trinajstić information content (AvgIpc) is 2.31. The lowest BCUT2D eigenvalue weighted by atomic mass is 9.96. The Labute approximate surface area is 117 Å². The maximum Gasteiger partial charge on any atom is 0.323 e. The second-order valence-electron chi connectivity index (χ2n) is 4.45.